The van der Waals surface area contributed by atoms with Crippen LogP contribution in [0.5, 0.6) is 0 Å². The van der Waals surface area contributed by atoms with Crippen molar-refractivity contribution in [3.05, 3.63) is 24.3 Å². The molecule has 0 aromatic carbocycles. The summed E-state index contributed by atoms with van der Waals surface area (Å²) in [5.41, 5.74) is 0. The maximum atomic E-state index is 12.4. The van der Waals surface area contributed by atoms with E-state index in [0.29, 0.717) is 6.42 Å². The largest absolute Gasteiger partial charge is 0.394 e. The molecule has 44 heavy (non-hydrogen) atoms. The first-order valence-corrected chi connectivity index (χ1v) is 19.1. The van der Waals surface area contributed by atoms with Crippen LogP contribution in [0.2, 0.25) is 0 Å². The van der Waals surface area contributed by atoms with Gasteiger partial charge in [0.15, 0.2) is 0 Å². The number of carbonyl (C=O) groups is 1. The quantitative estimate of drug-likeness (QED) is 0.0425. The molecule has 5 heteroatoms. The lowest BCUT2D eigenvalue weighted by Gasteiger charge is -2.21. The summed E-state index contributed by atoms with van der Waals surface area (Å²) >= 11 is 0. The predicted molar refractivity (Wildman–Crippen MR) is 190 cm³/mol. The predicted octanol–water partition coefficient (Wildman–Crippen LogP) is 10.3. The van der Waals surface area contributed by atoms with E-state index in [9.17, 15) is 20.1 Å². The van der Waals surface area contributed by atoms with Crippen molar-refractivity contribution in [1.29, 1.82) is 0 Å². The average Bonchev–Trinajstić information content (AvgIpc) is 3.01. The van der Waals surface area contributed by atoms with Crippen molar-refractivity contribution >= 4 is 5.91 Å². The molecule has 5 nitrogen and oxygen atoms in total. The van der Waals surface area contributed by atoms with Crippen molar-refractivity contribution in [2.24, 2.45) is 0 Å². The van der Waals surface area contributed by atoms with Gasteiger partial charge in [-0.2, -0.15) is 0 Å². The lowest BCUT2D eigenvalue weighted by atomic mass is 10.0. The van der Waals surface area contributed by atoms with Gasteiger partial charge in [-0.1, -0.05) is 179 Å². The van der Waals surface area contributed by atoms with Crippen LogP contribution < -0.4 is 5.32 Å². The van der Waals surface area contributed by atoms with Gasteiger partial charge in [-0.05, 0) is 32.1 Å². The topological polar surface area (TPSA) is 89.8 Å². The number of unbranched alkanes of at least 4 members (excludes halogenated alkanes) is 23. The van der Waals surface area contributed by atoms with Crippen LogP contribution in [0, 0.1) is 0 Å². The molecule has 4 N–H and O–H groups in total. The number of hydrogen-bond donors (Lipinski definition) is 4. The molecule has 0 spiro atoms. The molecule has 0 aliphatic rings. The normalized spacial score (nSPS) is 14.0. The molecule has 0 saturated heterocycles. The summed E-state index contributed by atoms with van der Waals surface area (Å²) in [5, 5.41) is 33.0. The molecule has 0 bridgehead atoms. The SMILES string of the molecule is CCCCCCC/C=C/CC/C=C/C(O)C(CO)NC(=O)CC(O)CCCCCCCCCCCCCCCCCCCC. The van der Waals surface area contributed by atoms with Crippen LogP contribution >= 0.6 is 0 Å². The number of carbonyl (C=O) groups excluding carboxylic acids is 1. The van der Waals surface area contributed by atoms with Crippen LogP contribution in [0.3, 0.4) is 0 Å². The zero-order valence-corrected chi connectivity index (χ0v) is 29.3. The Hall–Kier alpha value is -1.17. The Balaban J connectivity index is 3.69. The summed E-state index contributed by atoms with van der Waals surface area (Å²) in [6.07, 6.45) is 40.2. The van der Waals surface area contributed by atoms with Gasteiger partial charge in [0.25, 0.3) is 0 Å². The van der Waals surface area contributed by atoms with Crippen LogP contribution in [-0.4, -0.2) is 46.1 Å². The van der Waals surface area contributed by atoms with E-state index in [0.717, 1.165) is 32.1 Å². The van der Waals surface area contributed by atoms with E-state index in [1.54, 1.807) is 6.08 Å². The minimum absolute atomic E-state index is 0.00906. The fourth-order valence-corrected chi connectivity index (χ4v) is 5.77. The second kappa shape index (κ2) is 34.7. The molecule has 0 saturated carbocycles. The fraction of sp³-hybridized carbons (Fsp3) is 0.872. The van der Waals surface area contributed by atoms with Crippen LogP contribution in [0.25, 0.3) is 0 Å². The minimum Gasteiger partial charge on any atom is -0.394 e. The molecule has 0 aromatic rings. The molecule has 1 amide bonds. The van der Waals surface area contributed by atoms with Gasteiger partial charge in [0.05, 0.1) is 31.3 Å². The van der Waals surface area contributed by atoms with E-state index in [2.05, 4.69) is 31.3 Å². The number of aliphatic hydroxyl groups excluding tert-OH is 3. The van der Waals surface area contributed by atoms with Gasteiger partial charge in [0.2, 0.25) is 5.91 Å². The first-order valence-electron chi connectivity index (χ1n) is 19.1. The molecule has 3 atom stereocenters. The molecule has 0 fully saturated rings. The minimum atomic E-state index is -0.946. The van der Waals surface area contributed by atoms with Crippen molar-refractivity contribution < 1.29 is 20.1 Å². The number of allylic oxidation sites excluding steroid dienone is 3. The van der Waals surface area contributed by atoms with Gasteiger partial charge in [-0.25, -0.2) is 0 Å². The van der Waals surface area contributed by atoms with Gasteiger partial charge < -0.3 is 20.6 Å². The smallest absolute Gasteiger partial charge is 0.222 e. The van der Waals surface area contributed by atoms with E-state index in [1.807, 2.05) is 6.08 Å². The Kier molecular flexibility index (Phi) is 33.8. The summed E-state index contributed by atoms with van der Waals surface area (Å²) < 4.78 is 0. The highest BCUT2D eigenvalue weighted by Gasteiger charge is 2.20. The molecule has 0 aliphatic heterocycles. The standard InChI is InChI=1S/C39H75NO4/c1-3-5-7-9-11-13-15-16-17-18-19-20-21-23-24-26-28-30-32-36(42)34-39(44)40-37(35-41)38(43)33-31-29-27-25-22-14-12-10-8-6-4-2/h22,25,31,33,36-38,41-43H,3-21,23-24,26-30,32,34-35H2,1-2H3,(H,40,44)/b25-22+,33-31+. The maximum absolute atomic E-state index is 12.4. The Morgan fingerprint density at radius 3 is 1.45 bits per heavy atom. The van der Waals surface area contributed by atoms with Gasteiger partial charge >= 0.3 is 0 Å². The summed E-state index contributed by atoms with van der Waals surface area (Å²) in [6, 6.07) is -0.755. The lowest BCUT2D eigenvalue weighted by Crippen LogP contribution is -2.45. The third kappa shape index (κ3) is 30.8. The molecule has 0 aromatic heterocycles. The second-order valence-electron chi connectivity index (χ2n) is 13.2. The summed E-state index contributed by atoms with van der Waals surface area (Å²) in [5.74, 6) is -0.326. The highest BCUT2D eigenvalue weighted by molar-refractivity contribution is 5.76. The molecule has 0 heterocycles. The first kappa shape index (κ1) is 42.8. The Morgan fingerprint density at radius 2 is 0.977 bits per heavy atom. The van der Waals surface area contributed by atoms with E-state index < -0.39 is 18.2 Å². The van der Waals surface area contributed by atoms with E-state index in [-0.39, 0.29) is 18.9 Å². The van der Waals surface area contributed by atoms with Crippen LogP contribution in [0.1, 0.15) is 194 Å². The van der Waals surface area contributed by atoms with E-state index in [4.69, 9.17) is 0 Å². The summed E-state index contributed by atoms with van der Waals surface area (Å²) in [6.45, 7) is 4.17. The number of amides is 1. The van der Waals surface area contributed by atoms with Gasteiger partial charge in [0.1, 0.15) is 0 Å². The molecular weight excluding hydrogens is 546 g/mol. The molecular formula is C39H75NO4. The fourth-order valence-electron chi connectivity index (χ4n) is 5.77. The number of nitrogens with one attached hydrogen (secondary N) is 1. The average molecular weight is 622 g/mol. The van der Waals surface area contributed by atoms with Crippen LogP contribution in [-0.2, 0) is 4.79 Å². The van der Waals surface area contributed by atoms with Crippen molar-refractivity contribution in [3.8, 4) is 0 Å². The van der Waals surface area contributed by atoms with Crippen molar-refractivity contribution in [3.63, 3.8) is 0 Å². The third-order valence-electron chi connectivity index (χ3n) is 8.74. The lowest BCUT2D eigenvalue weighted by molar-refractivity contribution is -0.124. The maximum Gasteiger partial charge on any atom is 0.222 e. The second-order valence-corrected chi connectivity index (χ2v) is 13.2. The zero-order chi connectivity index (χ0) is 32.4. The molecule has 0 rings (SSSR count). The van der Waals surface area contributed by atoms with Gasteiger partial charge in [0, 0.05) is 0 Å². The van der Waals surface area contributed by atoms with E-state index >= 15 is 0 Å². The third-order valence-corrected chi connectivity index (χ3v) is 8.74. The van der Waals surface area contributed by atoms with Gasteiger partial charge in [-0.3, -0.25) is 4.79 Å². The summed E-state index contributed by atoms with van der Waals surface area (Å²) in [7, 11) is 0. The van der Waals surface area contributed by atoms with Crippen molar-refractivity contribution in [2.45, 2.75) is 212 Å². The van der Waals surface area contributed by atoms with E-state index in [1.165, 1.54) is 135 Å². The van der Waals surface area contributed by atoms with Crippen molar-refractivity contribution in [2.75, 3.05) is 6.61 Å². The van der Waals surface area contributed by atoms with Crippen LogP contribution in [0.4, 0.5) is 0 Å². The molecule has 3 unspecified atom stereocenters. The Labute approximate surface area is 273 Å². The van der Waals surface area contributed by atoms with Crippen LogP contribution in [0.15, 0.2) is 24.3 Å². The molecule has 0 radical (unpaired) electrons. The Bertz CT molecular complexity index is 650. The first-order chi connectivity index (χ1) is 21.5. The van der Waals surface area contributed by atoms with Gasteiger partial charge in [-0.15, -0.1) is 0 Å². The number of rotatable bonds is 34. The number of aliphatic hydroxyl groups is 3. The van der Waals surface area contributed by atoms with Crippen molar-refractivity contribution in [1.82, 2.24) is 5.32 Å². The summed E-state index contributed by atoms with van der Waals surface area (Å²) in [4.78, 5) is 12.4. The monoisotopic (exact) mass is 622 g/mol. The highest BCUT2D eigenvalue weighted by atomic mass is 16.3. The molecule has 0 aliphatic carbocycles. The zero-order valence-electron chi connectivity index (χ0n) is 29.3. The number of hydrogen-bond acceptors (Lipinski definition) is 4. The Morgan fingerprint density at radius 1 is 0.568 bits per heavy atom. The molecule has 260 valence electrons. The highest BCUT2D eigenvalue weighted by Crippen LogP contribution is 2.15.